The molecule has 1 atom stereocenters. The monoisotopic (exact) mass is 772 g/mol. The maximum Gasteiger partial charge on any atom is 0.407 e. The summed E-state index contributed by atoms with van der Waals surface area (Å²) in [5.41, 5.74) is 0.119. The second kappa shape index (κ2) is 19.6. The van der Waals surface area contributed by atoms with Gasteiger partial charge in [0.2, 0.25) is 5.91 Å². The zero-order valence-electron chi connectivity index (χ0n) is 32.9. The average Bonchev–Trinajstić information content (AvgIpc) is 3.44. The Morgan fingerprint density at radius 1 is 1.00 bits per heavy atom. The van der Waals surface area contributed by atoms with Gasteiger partial charge in [-0.1, -0.05) is 70.7 Å². The fourth-order valence-corrected chi connectivity index (χ4v) is 7.13. The first-order chi connectivity index (χ1) is 24.7. The molecule has 9 nitrogen and oxygen atoms in total. The van der Waals surface area contributed by atoms with Gasteiger partial charge in [-0.2, -0.15) is 11.8 Å². The van der Waals surface area contributed by atoms with Crippen molar-refractivity contribution in [3.63, 3.8) is 0 Å². The van der Waals surface area contributed by atoms with Gasteiger partial charge in [0.1, 0.15) is 23.1 Å². The van der Waals surface area contributed by atoms with Crippen molar-refractivity contribution in [2.45, 2.75) is 105 Å². The van der Waals surface area contributed by atoms with Gasteiger partial charge in [-0.15, -0.1) is 0 Å². The van der Waals surface area contributed by atoms with Crippen molar-refractivity contribution in [1.29, 1.82) is 0 Å². The number of benzene rings is 2. The highest BCUT2D eigenvalue weighted by Crippen LogP contribution is 2.40. The minimum absolute atomic E-state index is 0.0306. The first-order valence-corrected chi connectivity index (χ1v) is 23.2. The second-order valence-electron chi connectivity index (χ2n) is 16.5. The van der Waals surface area contributed by atoms with Gasteiger partial charge in [0.25, 0.3) is 0 Å². The Morgan fingerprint density at radius 3 is 2.34 bits per heavy atom. The van der Waals surface area contributed by atoms with Crippen molar-refractivity contribution < 1.29 is 32.6 Å². The molecule has 1 unspecified atom stereocenters. The molecule has 0 fully saturated rings. The van der Waals surface area contributed by atoms with E-state index in [1.807, 2.05) is 76.4 Å². The highest BCUT2D eigenvalue weighted by molar-refractivity contribution is 7.99. The van der Waals surface area contributed by atoms with Crippen LogP contribution in [0.4, 0.5) is 13.6 Å². The number of nitrogens with one attached hydrogen (secondary N) is 1. The molecule has 0 saturated heterocycles. The number of alkyl carbamates (subject to hydrolysis) is 1. The number of ether oxygens (including phenoxy) is 2. The summed E-state index contributed by atoms with van der Waals surface area (Å²) in [6, 6.07) is 13.3. The molecule has 1 heterocycles. The van der Waals surface area contributed by atoms with Crippen LogP contribution in [0.3, 0.4) is 0 Å². The average molecular weight is 773 g/mol. The third kappa shape index (κ3) is 15.3. The van der Waals surface area contributed by atoms with Gasteiger partial charge in [-0.3, -0.25) is 9.59 Å². The Morgan fingerprint density at radius 2 is 1.70 bits per heavy atom. The second-order valence-corrected chi connectivity index (χ2v) is 23.3. The van der Waals surface area contributed by atoms with Gasteiger partial charge in [0, 0.05) is 51.6 Å². The minimum atomic E-state index is -1.32. The van der Waals surface area contributed by atoms with E-state index in [0.29, 0.717) is 50.7 Å². The lowest BCUT2D eigenvalue weighted by Gasteiger charge is -2.40. The summed E-state index contributed by atoms with van der Waals surface area (Å²) in [6.07, 6.45) is 2.49. The molecule has 2 amide bonds. The number of hydrogen-bond acceptors (Lipinski definition) is 7. The van der Waals surface area contributed by atoms with E-state index in [-0.39, 0.29) is 35.3 Å². The van der Waals surface area contributed by atoms with Crippen LogP contribution in [0.2, 0.25) is 25.7 Å². The van der Waals surface area contributed by atoms with Gasteiger partial charge >= 0.3 is 12.1 Å². The van der Waals surface area contributed by atoms with Crippen LogP contribution in [-0.2, 0) is 25.6 Å². The number of rotatable bonds is 18. The molecule has 0 radical (unpaired) electrons. The minimum Gasteiger partial charge on any atom is -0.460 e. The SMILES string of the molecule is CC(C)(C)OC(=O)CCCCN(C(=O)CSCCNC(=O)OCC[Si](C)(C)C)C(c1nc(-c2cc(F)ccc2F)cn1Cc1ccccc1)C(C)(C)C. The van der Waals surface area contributed by atoms with Gasteiger partial charge in [0.05, 0.1) is 24.1 Å². The van der Waals surface area contributed by atoms with E-state index in [0.717, 1.165) is 29.8 Å². The molecule has 3 rings (SSSR count). The lowest BCUT2D eigenvalue weighted by molar-refractivity contribution is -0.154. The van der Waals surface area contributed by atoms with Crippen LogP contribution in [-0.4, -0.2) is 77.3 Å². The molecule has 1 N–H and O–H groups in total. The first-order valence-electron chi connectivity index (χ1n) is 18.3. The van der Waals surface area contributed by atoms with Gasteiger partial charge < -0.3 is 24.3 Å². The van der Waals surface area contributed by atoms with Gasteiger partial charge in [-0.25, -0.2) is 18.6 Å². The Balaban J connectivity index is 1.90. The summed E-state index contributed by atoms with van der Waals surface area (Å²) in [6.45, 7) is 19.6. The van der Waals surface area contributed by atoms with Crippen LogP contribution in [0.25, 0.3) is 11.3 Å². The molecular weight excluding hydrogens is 715 g/mol. The molecule has 13 heteroatoms. The van der Waals surface area contributed by atoms with Crippen molar-refractivity contribution in [1.82, 2.24) is 19.8 Å². The fourth-order valence-electron chi connectivity index (χ4n) is 5.68. The van der Waals surface area contributed by atoms with E-state index in [4.69, 9.17) is 14.5 Å². The Hall–Kier alpha value is -3.71. The van der Waals surface area contributed by atoms with Crippen LogP contribution >= 0.6 is 11.8 Å². The number of halogens is 2. The molecule has 0 spiro atoms. The van der Waals surface area contributed by atoms with E-state index < -0.39 is 42.9 Å². The smallest absolute Gasteiger partial charge is 0.407 e. The summed E-state index contributed by atoms with van der Waals surface area (Å²) in [5, 5.41) is 2.76. The Labute approximate surface area is 319 Å². The molecule has 0 aliphatic heterocycles. The fraction of sp³-hybridized carbons (Fsp3) is 0.550. The summed E-state index contributed by atoms with van der Waals surface area (Å²) < 4.78 is 42.2. The molecule has 292 valence electrons. The zero-order chi connectivity index (χ0) is 39.4. The van der Waals surface area contributed by atoms with Crippen molar-refractivity contribution in [2.75, 3.05) is 31.2 Å². The van der Waals surface area contributed by atoms with Crippen molar-refractivity contribution >= 4 is 37.8 Å². The summed E-state index contributed by atoms with van der Waals surface area (Å²) >= 11 is 1.40. The summed E-state index contributed by atoms with van der Waals surface area (Å²) in [5.74, 6) is -0.463. The molecular formula is C40H58F2N4O5SSi. The highest BCUT2D eigenvalue weighted by Gasteiger charge is 2.38. The number of aromatic nitrogens is 2. The number of carbonyl (C=O) groups is 3. The molecule has 53 heavy (non-hydrogen) atoms. The number of unbranched alkanes of at least 4 members (excludes halogenated alkanes) is 1. The Kier molecular flexibility index (Phi) is 16.1. The van der Waals surface area contributed by atoms with Crippen molar-refractivity contribution in [3.8, 4) is 11.3 Å². The van der Waals surface area contributed by atoms with Crippen LogP contribution in [0, 0.1) is 17.0 Å². The number of imidazole rings is 1. The third-order valence-electron chi connectivity index (χ3n) is 8.18. The predicted molar refractivity (Wildman–Crippen MR) is 212 cm³/mol. The number of esters is 1. The maximum absolute atomic E-state index is 15.1. The topological polar surface area (TPSA) is 103 Å². The van der Waals surface area contributed by atoms with E-state index in [1.54, 1.807) is 11.1 Å². The molecule has 1 aromatic heterocycles. The molecule has 0 aliphatic rings. The number of carbonyl (C=O) groups excluding carboxylic acids is 3. The Bertz CT molecular complexity index is 1650. The lowest BCUT2D eigenvalue weighted by atomic mass is 9.84. The van der Waals surface area contributed by atoms with Gasteiger partial charge in [0.15, 0.2) is 0 Å². The largest absolute Gasteiger partial charge is 0.460 e. The summed E-state index contributed by atoms with van der Waals surface area (Å²) in [4.78, 5) is 45.7. The van der Waals surface area contributed by atoms with Crippen LogP contribution in [0.5, 0.6) is 0 Å². The predicted octanol–water partition coefficient (Wildman–Crippen LogP) is 9.10. The maximum atomic E-state index is 15.1. The number of nitrogens with zero attached hydrogens (tertiary/aromatic N) is 3. The van der Waals surface area contributed by atoms with Crippen molar-refractivity contribution in [2.24, 2.45) is 5.41 Å². The standard InChI is InChI=1S/C40H58F2N4O5SSi/c1-39(2,3)36(37-44-33(31-25-30(41)18-19-32(31)42)27-45(37)26-29-15-11-10-12-16-29)46(21-14-13-17-35(48)51-40(4,5)6)34(47)28-52-23-20-43-38(49)50-22-24-53(7,8)9/h10-12,15-16,18-19,25,27,36H,13-14,17,20-24,26,28H2,1-9H3,(H,43,49). The molecule has 0 saturated carbocycles. The van der Waals surface area contributed by atoms with Crippen LogP contribution in [0.1, 0.15) is 78.2 Å². The molecule has 0 aliphatic carbocycles. The van der Waals surface area contributed by atoms with E-state index in [2.05, 4.69) is 25.0 Å². The first kappa shape index (κ1) is 43.7. The highest BCUT2D eigenvalue weighted by atomic mass is 32.2. The molecule has 3 aromatic rings. The van der Waals surface area contributed by atoms with Crippen LogP contribution in [0.15, 0.2) is 54.7 Å². The normalized spacial score (nSPS) is 12.7. The van der Waals surface area contributed by atoms with E-state index in [9.17, 15) is 18.8 Å². The quantitative estimate of drug-likeness (QED) is 0.0782. The zero-order valence-corrected chi connectivity index (χ0v) is 34.7. The van der Waals surface area contributed by atoms with E-state index >= 15 is 4.39 Å². The number of thioether (sulfide) groups is 1. The molecule has 0 bridgehead atoms. The number of amides is 2. The van der Waals surface area contributed by atoms with Crippen molar-refractivity contribution in [3.05, 3.63) is 77.8 Å². The third-order valence-corrected chi connectivity index (χ3v) is 10.8. The summed E-state index contributed by atoms with van der Waals surface area (Å²) in [7, 11) is -1.32. The van der Waals surface area contributed by atoms with Crippen LogP contribution < -0.4 is 5.32 Å². The van der Waals surface area contributed by atoms with Gasteiger partial charge in [-0.05, 0) is 68.8 Å². The lowest BCUT2D eigenvalue weighted by Crippen LogP contribution is -2.44. The molecule has 2 aromatic carbocycles. The number of hydrogen-bond donors (Lipinski definition) is 1. The van der Waals surface area contributed by atoms with E-state index in [1.165, 1.54) is 11.8 Å².